The molecule has 0 atom stereocenters. The number of nitro benzene ring substituents is 1. The highest BCUT2D eigenvalue weighted by molar-refractivity contribution is 6.32. The first kappa shape index (κ1) is 16.7. The molecule has 0 heterocycles. The van der Waals surface area contributed by atoms with E-state index in [9.17, 15) is 14.5 Å². The minimum atomic E-state index is -0.580. The molecule has 0 saturated heterocycles. The number of allylic oxidation sites excluding steroid dienone is 2. The lowest BCUT2D eigenvalue weighted by Gasteiger charge is -2.26. The molecule has 1 aliphatic rings. The third-order valence-corrected chi connectivity index (χ3v) is 3.92. The van der Waals surface area contributed by atoms with Gasteiger partial charge in [0.25, 0.3) is 5.69 Å². The Hall–Kier alpha value is -3.19. The predicted molar refractivity (Wildman–Crippen MR) is 95.6 cm³/mol. The average Bonchev–Trinajstić information content (AvgIpc) is 2.60. The number of hydrogen-bond acceptors (Lipinski definition) is 5. The number of nitrogens with one attached hydrogen (secondary N) is 1. The zero-order chi connectivity index (χ0) is 18.1. The van der Waals surface area contributed by atoms with Crippen molar-refractivity contribution in [2.45, 2.75) is 0 Å². The van der Waals surface area contributed by atoms with Crippen LogP contribution in [0.15, 0.2) is 71.0 Å². The predicted octanol–water partition coefficient (Wildman–Crippen LogP) is 4.31. The molecule has 2 aromatic rings. The van der Waals surface area contributed by atoms with Gasteiger partial charge in [-0.15, -0.1) is 0 Å². The van der Waals surface area contributed by atoms with E-state index in [1.165, 1.54) is 24.3 Å². The number of nitrogens with zero attached hydrogens (tertiary/aromatic N) is 2. The summed E-state index contributed by atoms with van der Waals surface area (Å²) < 4.78 is 13.0. The Bertz CT molecular complexity index is 952. The Morgan fingerprint density at radius 1 is 1.24 bits per heavy atom. The van der Waals surface area contributed by atoms with Gasteiger partial charge in [0.05, 0.1) is 27.7 Å². The van der Waals surface area contributed by atoms with Crippen LogP contribution in [0.1, 0.15) is 0 Å². The Morgan fingerprint density at radius 3 is 2.56 bits per heavy atom. The third-order valence-electron chi connectivity index (χ3n) is 3.60. The van der Waals surface area contributed by atoms with Crippen LogP contribution < -0.4 is 11.1 Å². The van der Waals surface area contributed by atoms with Crippen LogP contribution in [0.5, 0.6) is 0 Å². The summed E-state index contributed by atoms with van der Waals surface area (Å²) >= 11 is 5.80. The van der Waals surface area contributed by atoms with Gasteiger partial charge >= 0.3 is 0 Å². The zero-order valence-corrected chi connectivity index (χ0v) is 13.5. The van der Waals surface area contributed by atoms with Crippen molar-refractivity contribution in [1.82, 2.24) is 0 Å². The average molecular weight is 359 g/mol. The highest BCUT2D eigenvalue weighted by Crippen LogP contribution is 2.33. The van der Waals surface area contributed by atoms with Gasteiger partial charge in [-0.1, -0.05) is 18.2 Å². The van der Waals surface area contributed by atoms with E-state index < -0.39 is 4.92 Å². The topological polar surface area (TPSA) is 93.5 Å². The molecule has 8 heteroatoms. The Morgan fingerprint density at radius 2 is 1.92 bits per heavy atom. The highest BCUT2D eigenvalue weighted by atomic mass is 35.5. The maximum atomic E-state index is 13.0. The van der Waals surface area contributed by atoms with Crippen molar-refractivity contribution in [1.29, 1.82) is 0 Å². The molecule has 126 valence electrons. The van der Waals surface area contributed by atoms with E-state index in [1.54, 1.807) is 18.2 Å². The van der Waals surface area contributed by atoms with Gasteiger partial charge in [0.2, 0.25) is 0 Å². The van der Waals surface area contributed by atoms with Crippen LogP contribution in [-0.2, 0) is 0 Å². The first-order valence-corrected chi connectivity index (χ1v) is 7.49. The van der Waals surface area contributed by atoms with Crippen LogP contribution in [0.3, 0.4) is 0 Å². The molecular weight excluding hydrogens is 347 g/mol. The number of hydrogen-bond donors (Lipinski definition) is 2. The quantitative estimate of drug-likeness (QED) is 0.629. The van der Waals surface area contributed by atoms with Gasteiger partial charge in [0, 0.05) is 17.3 Å². The van der Waals surface area contributed by atoms with Crippen LogP contribution in [0, 0.1) is 15.9 Å². The molecule has 25 heavy (non-hydrogen) atoms. The van der Waals surface area contributed by atoms with Crippen molar-refractivity contribution < 1.29 is 9.31 Å². The van der Waals surface area contributed by atoms with Gasteiger partial charge in [-0.05, 0) is 36.4 Å². The van der Waals surface area contributed by atoms with E-state index in [-0.39, 0.29) is 16.5 Å². The van der Waals surface area contributed by atoms with Crippen molar-refractivity contribution >= 4 is 34.4 Å². The summed E-state index contributed by atoms with van der Waals surface area (Å²) in [4.78, 5) is 14.8. The monoisotopic (exact) mass is 358 g/mol. The SMILES string of the molecule is C=C1C(=Nc2ccc(Cl)c([N+](=O)[O-])c2)C(Nc2ccc(F)cc2)=C1N. The second kappa shape index (κ2) is 6.37. The maximum Gasteiger partial charge on any atom is 0.290 e. The van der Waals surface area contributed by atoms with E-state index in [2.05, 4.69) is 16.9 Å². The van der Waals surface area contributed by atoms with Crippen LogP contribution >= 0.6 is 11.6 Å². The molecule has 3 rings (SSSR count). The van der Waals surface area contributed by atoms with Crippen molar-refractivity contribution in [3.05, 3.63) is 87.0 Å². The van der Waals surface area contributed by atoms with Gasteiger partial charge in [-0.2, -0.15) is 0 Å². The van der Waals surface area contributed by atoms with Crippen molar-refractivity contribution in [2.75, 3.05) is 5.32 Å². The fourth-order valence-electron chi connectivity index (χ4n) is 2.26. The van der Waals surface area contributed by atoms with Gasteiger partial charge in [-0.3, -0.25) is 10.1 Å². The molecule has 3 N–H and O–H groups in total. The molecule has 0 radical (unpaired) electrons. The molecule has 0 unspecified atom stereocenters. The highest BCUT2D eigenvalue weighted by Gasteiger charge is 2.28. The molecule has 0 saturated carbocycles. The van der Waals surface area contributed by atoms with Gasteiger partial charge in [0.15, 0.2) is 0 Å². The van der Waals surface area contributed by atoms with E-state index in [0.29, 0.717) is 34.1 Å². The minimum Gasteiger partial charge on any atom is -0.396 e. The summed E-state index contributed by atoms with van der Waals surface area (Å²) in [7, 11) is 0. The summed E-state index contributed by atoms with van der Waals surface area (Å²) in [6.45, 7) is 3.83. The fourth-order valence-corrected chi connectivity index (χ4v) is 2.45. The molecule has 0 aromatic heterocycles. The minimum absolute atomic E-state index is 0.0288. The normalized spacial score (nSPS) is 15.3. The molecular formula is C17H12ClFN4O2. The van der Waals surface area contributed by atoms with E-state index in [4.69, 9.17) is 17.3 Å². The van der Waals surface area contributed by atoms with E-state index in [1.807, 2.05) is 0 Å². The smallest absolute Gasteiger partial charge is 0.290 e. The lowest BCUT2D eigenvalue weighted by atomic mass is 9.92. The number of rotatable bonds is 4. The number of anilines is 1. The molecule has 6 nitrogen and oxygen atoms in total. The summed E-state index contributed by atoms with van der Waals surface area (Å²) in [6, 6.07) is 9.97. The molecule has 0 amide bonds. The number of nitrogens with two attached hydrogens (primary N) is 1. The number of benzene rings is 2. The summed E-state index contributed by atoms with van der Waals surface area (Å²) in [5.74, 6) is -0.354. The van der Waals surface area contributed by atoms with Crippen LogP contribution in [0.25, 0.3) is 0 Å². The Kier molecular flexibility index (Phi) is 4.24. The number of halogens is 2. The molecule has 0 bridgehead atoms. The van der Waals surface area contributed by atoms with Crippen molar-refractivity contribution in [2.24, 2.45) is 10.7 Å². The maximum absolute atomic E-state index is 13.0. The fraction of sp³-hybridized carbons (Fsp3) is 0. The molecule has 0 aliphatic heterocycles. The number of aliphatic imine (C=N–C) groups is 1. The van der Waals surface area contributed by atoms with Crippen LogP contribution in [0.4, 0.5) is 21.5 Å². The third kappa shape index (κ3) is 3.22. The standard InChI is InChI=1S/C17H12ClFN4O2/c1-9-15(20)17(21-11-4-2-10(19)3-5-11)16(9)22-12-6-7-13(18)14(8-12)23(24)25/h2-8,21H,1,20H2. The zero-order valence-electron chi connectivity index (χ0n) is 12.8. The second-order valence-corrected chi connectivity index (χ2v) is 5.66. The second-order valence-electron chi connectivity index (χ2n) is 5.25. The van der Waals surface area contributed by atoms with E-state index in [0.717, 1.165) is 0 Å². The van der Waals surface area contributed by atoms with Gasteiger partial charge < -0.3 is 11.1 Å². The first-order valence-electron chi connectivity index (χ1n) is 7.12. The van der Waals surface area contributed by atoms with E-state index >= 15 is 0 Å². The lowest BCUT2D eigenvalue weighted by molar-refractivity contribution is -0.384. The molecule has 2 aromatic carbocycles. The molecule has 1 aliphatic carbocycles. The van der Waals surface area contributed by atoms with Crippen LogP contribution in [-0.4, -0.2) is 10.6 Å². The Labute approximate surface area is 147 Å². The van der Waals surface area contributed by atoms with Crippen molar-refractivity contribution in [3.8, 4) is 0 Å². The first-order chi connectivity index (χ1) is 11.9. The van der Waals surface area contributed by atoms with Crippen molar-refractivity contribution in [3.63, 3.8) is 0 Å². The summed E-state index contributed by atoms with van der Waals surface area (Å²) in [5, 5.41) is 14.0. The van der Waals surface area contributed by atoms with Crippen LogP contribution in [0.2, 0.25) is 5.02 Å². The lowest BCUT2D eigenvalue weighted by Crippen LogP contribution is -2.31. The number of nitro groups is 1. The van der Waals surface area contributed by atoms with Gasteiger partial charge in [0.1, 0.15) is 10.8 Å². The molecule has 0 fully saturated rings. The summed E-state index contributed by atoms with van der Waals surface area (Å²) in [5.41, 5.74) is 8.59. The molecule has 0 spiro atoms. The van der Waals surface area contributed by atoms with Gasteiger partial charge in [-0.25, -0.2) is 9.38 Å². The summed E-state index contributed by atoms with van der Waals surface area (Å²) in [6.07, 6.45) is 0. The Balaban J connectivity index is 1.92. The largest absolute Gasteiger partial charge is 0.396 e.